The predicted octanol–water partition coefficient (Wildman–Crippen LogP) is -2.67. The van der Waals surface area contributed by atoms with Gasteiger partial charge < -0.3 is 16.8 Å². The molecule has 0 saturated carbocycles. The van der Waals surface area contributed by atoms with Crippen molar-refractivity contribution in [3.63, 3.8) is 0 Å². The molecule has 1 fully saturated rings. The summed E-state index contributed by atoms with van der Waals surface area (Å²) < 4.78 is 0. The molecule has 0 radical (unpaired) electrons. The molecule has 0 bridgehead atoms. The molecule has 0 aliphatic carbocycles. The molecule has 17 heavy (non-hydrogen) atoms. The minimum Gasteiger partial charge on any atom is -0.368 e. The van der Waals surface area contributed by atoms with Crippen molar-refractivity contribution in [1.29, 1.82) is 0 Å². The number of nitrogens with one attached hydrogen (secondary N) is 2. The maximum absolute atomic E-state index is 11.6. The first-order valence-corrected chi connectivity index (χ1v) is 5.29. The summed E-state index contributed by atoms with van der Waals surface area (Å²) in [5, 5.41) is 5.00. The Bertz CT molecular complexity index is 333. The molecule has 0 spiro atoms. The van der Waals surface area contributed by atoms with E-state index < -0.39 is 29.9 Å². The number of amides is 4. The third-order valence-corrected chi connectivity index (χ3v) is 2.74. The topological polar surface area (TPSA) is 131 Å². The van der Waals surface area contributed by atoms with Crippen molar-refractivity contribution in [2.24, 2.45) is 11.5 Å². The van der Waals surface area contributed by atoms with Crippen LogP contribution in [0.15, 0.2) is 0 Å². The zero-order valence-corrected chi connectivity index (χ0v) is 9.60. The molecular weight excluding hydrogens is 226 g/mol. The van der Waals surface area contributed by atoms with E-state index >= 15 is 0 Å². The number of nitrogens with zero attached hydrogens (tertiary/aromatic N) is 1. The van der Waals surface area contributed by atoms with Gasteiger partial charge in [-0.25, -0.2) is 4.79 Å². The van der Waals surface area contributed by atoms with Crippen molar-refractivity contribution in [2.45, 2.75) is 19.0 Å². The van der Waals surface area contributed by atoms with E-state index in [2.05, 4.69) is 5.32 Å². The van der Waals surface area contributed by atoms with Crippen LogP contribution in [0.25, 0.3) is 0 Å². The number of nitrogens with two attached hydrogens (primary N) is 2. The van der Waals surface area contributed by atoms with Gasteiger partial charge in [-0.15, -0.1) is 0 Å². The number of carbonyl (C=O) groups excluding carboxylic acids is 3. The SMILES string of the molecule is CC(C(=O)NC(N)=O)N1CCNCC1C(N)=O. The Morgan fingerprint density at radius 3 is 2.59 bits per heavy atom. The first kappa shape index (κ1) is 13.4. The van der Waals surface area contributed by atoms with Crippen LogP contribution < -0.4 is 22.1 Å². The largest absolute Gasteiger partial charge is 0.368 e. The highest BCUT2D eigenvalue weighted by atomic mass is 16.2. The minimum absolute atomic E-state index is 0.392. The lowest BCUT2D eigenvalue weighted by atomic mass is 10.1. The highest BCUT2D eigenvalue weighted by Gasteiger charge is 2.33. The Morgan fingerprint density at radius 2 is 2.06 bits per heavy atom. The van der Waals surface area contributed by atoms with E-state index in [4.69, 9.17) is 11.5 Å². The Morgan fingerprint density at radius 1 is 1.41 bits per heavy atom. The van der Waals surface area contributed by atoms with E-state index in [9.17, 15) is 14.4 Å². The van der Waals surface area contributed by atoms with E-state index in [1.165, 1.54) is 0 Å². The molecule has 1 heterocycles. The molecule has 6 N–H and O–H groups in total. The molecule has 0 aromatic rings. The molecule has 0 aromatic heterocycles. The second-order valence-electron chi connectivity index (χ2n) is 3.89. The average molecular weight is 243 g/mol. The third kappa shape index (κ3) is 3.40. The van der Waals surface area contributed by atoms with Crippen molar-refractivity contribution < 1.29 is 14.4 Å². The second-order valence-corrected chi connectivity index (χ2v) is 3.89. The fourth-order valence-corrected chi connectivity index (χ4v) is 1.82. The summed E-state index contributed by atoms with van der Waals surface area (Å²) >= 11 is 0. The van der Waals surface area contributed by atoms with Gasteiger partial charge in [0.15, 0.2) is 0 Å². The van der Waals surface area contributed by atoms with E-state index in [1.807, 2.05) is 5.32 Å². The van der Waals surface area contributed by atoms with Gasteiger partial charge in [-0.1, -0.05) is 0 Å². The fourth-order valence-electron chi connectivity index (χ4n) is 1.82. The number of primary amides is 2. The lowest BCUT2D eigenvalue weighted by molar-refractivity contribution is -0.130. The van der Waals surface area contributed by atoms with Gasteiger partial charge in [-0.05, 0) is 6.92 Å². The molecule has 8 heteroatoms. The van der Waals surface area contributed by atoms with Crippen LogP contribution in [0.3, 0.4) is 0 Å². The summed E-state index contributed by atoms with van der Waals surface area (Å²) in [6.45, 7) is 3.14. The summed E-state index contributed by atoms with van der Waals surface area (Å²) in [5.41, 5.74) is 10.1. The number of piperazine rings is 1. The van der Waals surface area contributed by atoms with E-state index in [-0.39, 0.29) is 0 Å². The van der Waals surface area contributed by atoms with Crippen molar-refractivity contribution in [3.05, 3.63) is 0 Å². The second kappa shape index (κ2) is 5.60. The molecule has 0 aromatic carbocycles. The maximum atomic E-state index is 11.6. The normalized spacial score (nSPS) is 22.8. The van der Waals surface area contributed by atoms with Crippen molar-refractivity contribution >= 4 is 17.8 Å². The monoisotopic (exact) mass is 243 g/mol. The van der Waals surface area contributed by atoms with Crippen LogP contribution in [0.2, 0.25) is 0 Å². The maximum Gasteiger partial charge on any atom is 0.318 e. The van der Waals surface area contributed by atoms with Crippen LogP contribution in [0.1, 0.15) is 6.92 Å². The van der Waals surface area contributed by atoms with Crippen LogP contribution in [-0.4, -0.2) is 54.5 Å². The van der Waals surface area contributed by atoms with Crippen LogP contribution in [0.5, 0.6) is 0 Å². The van der Waals surface area contributed by atoms with Gasteiger partial charge in [0, 0.05) is 19.6 Å². The lowest BCUT2D eigenvalue weighted by Gasteiger charge is -2.37. The minimum atomic E-state index is -0.910. The Hall–Kier alpha value is -1.67. The number of hydrogen-bond acceptors (Lipinski definition) is 5. The van der Waals surface area contributed by atoms with Crippen LogP contribution >= 0.6 is 0 Å². The van der Waals surface area contributed by atoms with Gasteiger partial charge in [-0.3, -0.25) is 19.8 Å². The Labute approximate surface area is 98.7 Å². The van der Waals surface area contributed by atoms with Gasteiger partial charge in [0.25, 0.3) is 0 Å². The summed E-state index contributed by atoms with van der Waals surface area (Å²) in [7, 11) is 0. The van der Waals surface area contributed by atoms with Gasteiger partial charge >= 0.3 is 6.03 Å². The number of rotatable bonds is 3. The van der Waals surface area contributed by atoms with Crippen molar-refractivity contribution in [2.75, 3.05) is 19.6 Å². The molecule has 1 aliphatic rings. The number of imide groups is 1. The number of carbonyl (C=O) groups is 3. The van der Waals surface area contributed by atoms with E-state index in [1.54, 1.807) is 11.8 Å². The van der Waals surface area contributed by atoms with E-state index in [0.29, 0.717) is 19.6 Å². The summed E-state index contributed by atoms with van der Waals surface area (Å²) in [6, 6.07) is -2.10. The molecule has 2 atom stereocenters. The number of urea groups is 1. The average Bonchev–Trinajstić information content (AvgIpc) is 2.27. The Balaban J connectivity index is 2.70. The Kier molecular flexibility index (Phi) is 4.41. The molecule has 1 aliphatic heterocycles. The fraction of sp³-hybridized carbons (Fsp3) is 0.667. The van der Waals surface area contributed by atoms with Crippen LogP contribution in [-0.2, 0) is 9.59 Å². The number of hydrogen-bond donors (Lipinski definition) is 4. The van der Waals surface area contributed by atoms with Crippen molar-refractivity contribution in [3.8, 4) is 0 Å². The zero-order chi connectivity index (χ0) is 13.0. The third-order valence-electron chi connectivity index (χ3n) is 2.74. The zero-order valence-electron chi connectivity index (χ0n) is 9.60. The molecule has 1 rings (SSSR count). The lowest BCUT2D eigenvalue weighted by Crippen LogP contribution is -2.62. The summed E-state index contributed by atoms with van der Waals surface area (Å²) in [5.74, 6) is -1.04. The first-order valence-electron chi connectivity index (χ1n) is 5.29. The van der Waals surface area contributed by atoms with E-state index in [0.717, 1.165) is 0 Å². The van der Waals surface area contributed by atoms with Crippen LogP contribution in [0.4, 0.5) is 4.79 Å². The predicted molar refractivity (Wildman–Crippen MR) is 59.7 cm³/mol. The molecule has 2 unspecified atom stereocenters. The molecule has 96 valence electrons. The molecule has 4 amide bonds. The highest BCUT2D eigenvalue weighted by Crippen LogP contribution is 2.08. The highest BCUT2D eigenvalue weighted by molar-refractivity contribution is 5.96. The van der Waals surface area contributed by atoms with Crippen LogP contribution in [0, 0.1) is 0 Å². The van der Waals surface area contributed by atoms with Gasteiger partial charge in [0.2, 0.25) is 11.8 Å². The summed E-state index contributed by atoms with van der Waals surface area (Å²) in [4.78, 5) is 35.1. The summed E-state index contributed by atoms with van der Waals surface area (Å²) in [6.07, 6.45) is 0. The first-order chi connectivity index (χ1) is 7.93. The molecular formula is C9H17N5O3. The quantitative estimate of drug-likeness (QED) is 0.429. The van der Waals surface area contributed by atoms with Gasteiger partial charge in [-0.2, -0.15) is 0 Å². The van der Waals surface area contributed by atoms with Gasteiger partial charge in [0.05, 0.1) is 6.04 Å². The molecule has 1 saturated heterocycles. The van der Waals surface area contributed by atoms with Crippen molar-refractivity contribution in [1.82, 2.24) is 15.5 Å². The van der Waals surface area contributed by atoms with Gasteiger partial charge in [0.1, 0.15) is 6.04 Å². The molecule has 8 nitrogen and oxygen atoms in total. The standard InChI is InChI=1S/C9H17N5O3/c1-5(8(16)13-9(11)17)14-3-2-12-4-6(14)7(10)15/h5-6,12H,2-4H2,1H3,(H2,10,15)(H3,11,13,16,17). The smallest absolute Gasteiger partial charge is 0.318 e.